The fourth-order valence-electron chi connectivity index (χ4n) is 1.61. The van der Waals surface area contributed by atoms with E-state index in [4.69, 9.17) is 5.73 Å². The quantitative estimate of drug-likeness (QED) is 0.795. The first kappa shape index (κ1) is 11.5. The largest absolute Gasteiger partial charge is 0.326 e. The predicted molar refractivity (Wildman–Crippen MR) is 63.4 cm³/mol. The normalized spacial score (nSPS) is 10.8. The van der Waals surface area contributed by atoms with Crippen molar-refractivity contribution in [2.24, 2.45) is 12.8 Å². The Morgan fingerprint density at radius 3 is 2.76 bits per heavy atom. The fraction of sp³-hybridized carbons (Fsp3) is 0.364. The van der Waals surface area contributed by atoms with E-state index in [1.54, 1.807) is 16.8 Å². The predicted octanol–water partition coefficient (Wildman–Crippen LogP) is -0.208. The van der Waals surface area contributed by atoms with Crippen molar-refractivity contribution in [3.05, 3.63) is 45.9 Å². The van der Waals surface area contributed by atoms with Gasteiger partial charge in [-0.1, -0.05) is 6.07 Å². The van der Waals surface area contributed by atoms with Gasteiger partial charge in [-0.2, -0.15) is 0 Å². The smallest absolute Gasteiger partial charge is 0.255 e. The summed E-state index contributed by atoms with van der Waals surface area (Å²) in [6.45, 7) is 2.52. The number of nitrogens with two attached hydrogens (primary N) is 1. The molecule has 0 aliphatic heterocycles. The Kier molecular flexibility index (Phi) is 3.06. The van der Waals surface area contributed by atoms with E-state index in [-0.39, 0.29) is 12.1 Å². The van der Waals surface area contributed by atoms with Gasteiger partial charge < -0.3 is 14.9 Å². The third kappa shape index (κ3) is 2.12. The van der Waals surface area contributed by atoms with Gasteiger partial charge in [-0.25, -0.2) is 0 Å². The van der Waals surface area contributed by atoms with Gasteiger partial charge in [0.25, 0.3) is 5.56 Å². The van der Waals surface area contributed by atoms with E-state index in [0.29, 0.717) is 12.1 Å². The number of hydrogen-bond donors (Lipinski definition) is 1. The minimum Gasteiger partial charge on any atom is -0.326 e. The minimum atomic E-state index is -0.0735. The summed E-state index contributed by atoms with van der Waals surface area (Å²) in [5, 5.41) is 7.99. The molecule has 2 N–H and O–H groups in total. The first-order valence-electron chi connectivity index (χ1n) is 5.36. The van der Waals surface area contributed by atoms with Gasteiger partial charge in [0.2, 0.25) is 0 Å². The van der Waals surface area contributed by atoms with Crippen LogP contribution in [-0.4, -0.2) is 19.3 Å². The van der Waals surface area contributed by atoms with Crippen LogP contribution in [0.15, 0.2) is 23.1 Å². The van der Waals surface area contributed by atoms with Crippen LogP contribution in [0.2, 0.25) is 0 Å². The lowest BCUT2D eigenvalue weighted by Gasteiger charge is -2.06. The van der Waals surface area contributed by atoms with Gasteiger partial charge in [0, 0.05) is 25.4 Å². The first-order chi connectivity index (χ1) is 8.13. The topological polar surface area (TPSA) is 78.7 Å². The molecule has 0 atom stereocenters. The summed E-state index contributed by atoms with van der Waals surface area (Å²) in [5.74, 6) is 1.57. The third-order valence-electron chi connectivity index (χ3n) is 2.81. The maximum Gasteiger partial charge on any atom is 0.255 e. The average Bonchev–Trinajstić information content (AvgIpc) is 2.64. The zero-order valence-electron chi connectivity index (χ0n) is 9.92. The van der Waals surface area contributed by atoms with E-state index >= 15 is 0 Å². The highest BCUT2D eigenvalue weighted by Gasteiger charge is 2.07. The zero-order valence-corrected chi connectivity index (χ0v) is 9.92. The SMILES string of the molecule is Cc1nnc(Cn2cccc(CN)c2=O)n1C. The van der Waals surface area contributed by atoms with Gasteiger partial charge in [0.1, 0.15) is 5.82 Å². The van der Waals surface area contributed by atoms with E-state index in [1.165, 1.54) is 0 Å². The molecule has 2 heterocycles. The number of pyridine rings is 1. The molecular formula is C11H15N5O. The van der Waals surface area contributed by atoms with Crippen molar-refractivity contribution in [2.45, 2.75) is 20.0 Å². The Morgan fingerprint density at radius 1 is 1.41 bits per heavy atom. The van der Waals surface area contributed by atoms with Crippen LogP contribution < -0.4 is 11.3 Å². The van der Waals surface area contributed by atoms with Crippen molar-refractivity contribution >= 4 is 0 Å². The van der Waals surface area contributed by atoms with Crippen molar-refractivity contribution in [1.82, 2.24) is 19.3 Å². The summed E-state index contributed by atoms with van der Waals surface area (Å²) in [7, 11) is 1.88. The molecular weight excluding hydrogens is 218 g/mol. The second kappa shape index (κ2) is 4.50. The maximum absolute atomic E-state index is 11.9. The fourth-order valence-corrected chi connectivity index (χ4v) is 1.61. The van der Waals surface area contributed by atoms with Gasteiger partial charge in [-0.15, -0.1) is 10.2 Å². The zero-order chi connectivity index (χ0) is 12.4. The van der Waals surface area contributed by atoms with Crippen molar-refractivity contribution in [1.29, 1.82) is 0 Å². The molecule has 2 aromatic heterocycles. The molecule has 0 unspecified atom stereocenters. The van der Waals surface area contributed by atoms with Crippen LogP contribution in [0.5, 0.6) is 0 Å². The number of nitrogens with zero attached hydrogens (tertiary/aromatic N) is 4. The van der Waals surface area contributed by atoms with Crippen LogP contribution in [0.25, 0.3) is 0 Å². The van der Waals surface area contributed by atoms with Crippen LogP contribution in [-0.2, 0) is 20.1 Å². The number of hydrogen-bond acceptors (Lipinski definition) is 4. The highest BCUT2D eigenvalue weighted by atomic mass is 16.1. The second-order valence-corrected chi connectivity index (χ2v) is 3.89. The molecule has 0 fully saturated rings. The molecule has 0 radical (unpaired) electrons. The maximum atomic E-state index is 11.9. The molecule has 0 saturated carbocycles. The molecule has 6 heteroatoms. The summed E-state index contributed by atoms with van der Waals surface area (Å²) in [6.07, 6.45) is 1.73. The molecule has 0 aliphatic carbocycles. The first-order valence-corrected chi connectivity index (χ1v) is 5.36. The summed E-state index contributed by atoms with van der Waals surface area (Å²) in [6, 6.07) is 3.55. The number of aryl methyl sites for hydroxylation is 1. The van der Waals surface area contributed by atoms with Gasteiger partial charge in [0.15, 0.2) is 5.82 Å². The monoisotopic (exact) mass is 233 g/mol. The van der Waals surface area contributed by atoms with Crippen LogP contribution in [0.1, 0.15) is 17.2 Å². The van der Waals surface area contributed by atoms with Gasteiger partial charge in [-0.3, -0.25) is 4.79 Å². The molecule has 0 spiro atoms. The molecule has 0 amide bonds. The van der Waals surface area contributed by atoms with E-state index < -0.39 is 0 Å². The second-order valence-electron chi connectivity index (χ2n) is 3.89. The standard InChI is InChI=1S/C11H15N5O/c1-8-13-14-10(15(8)2)7-16-5-3-4-9(6-12)11(16)17/h3-5H,6-7,12H2,1-2H3. The summed E-state index contributed by atoms with van der Waals surface area (Å²) in [4.78, 5) is 11.9. The molecule has 2 rings (SSSR count). The minimum absolute atomic E-state index is 0.0735. The van der Waals surface area contributed by atoms with Crippen molar-refractivity contribution < 1.29 is 0 Å². The van der Waals surface area contributed by atoms with E-state index in [1.807, 2.05) is 24.6 Å². The molecule has 0 aromatic carbocycles. The third-order valence-corrected chi connectivity index (χ3v) is 2.81. The lowest BCUT2D eigenvalue weighted by atomic mass is 10.3. The lowest BCUT2D eigenvalue weighted by Crippen LogP contribution is -2.26. The highest BCUT2D eigenvalue weighted by molar-refractivity contribution is 5.10. The van der Waals surface area contributed by atoms with E-state index in [9.17, 15) is 4.79 Å². The van der Waals surface area contributed by atoms with Gasteiger partial charge in [-0.05, 0) is 13.0 Å². The Hall–Kier alpha value is -1.95. The molecule has 0 aliphatic rings. The Morgan fingerprint density at radius 2 is 2.18 bits per heavy atom. The van der Waals surface area contributed by atoms with E-state index in [0.717, 1.165) is 11.6 Å². The molecule has 2 aromatic rings. The summed E-state index contributed by atoms with van der Waals surface area (Å²) in [5.41, 5.74) is 6.03. The molecule has 0 saturated heterocycles. The van der Waals surface area contributed by atoms with Crippen molar-refractivity contribution in [3.8, 4) is 0 Å². The Balaban J connectivity index is 2.37. The van der Waals surface area contributed by atoms with E-state index in [2.05, 4.69) is 10.2 Å². The lowest BCUT2D eigenvalue weighted by molar-refractivity contribution is 0.665. The van der Waals surface area contributed by atoms with Crippen LogP contribution >= 0.6 is 0 Å². The van der Waals surface area contributed by atoms with Gasteiger partial charge in [0.05, 0.1) is 6.54 Å². The summed E-state index contributed by atoms with van der Waals surface area (Å²) < 4.78 is 3.45. The van der Waals surface area contributed by atoms with Crippen LogP contribution in [0, 0.1) is 6.92 Å². The number of aromatic nitrogens is 4. The highest BCUT2D eigenvalue weighted by Crippen LogP contribution is 2.00. The van der Waals surface area contributed by atoms with Crippen molar-refractivity contribution in [3.63, 3.8) is 0 Å². The Labute approximate surface area is 98.7 Å². The molecule has 17 heavy (non-hydrogen) atoms. The molecule has 90 valence electrons. The average molecular weight is 233 g/mol. The Bertz CT molecular complexity index is 584. The molecule has 6 nitrogen and oxygen atoms in total. The number of rotatable bonds is 3. The van der Waals surface area contributed by atoms with Crippen LogP contribution in [0.3, 0.4) is 0 Å². The van der Waals surface area contributed by atoms with Crippen molar-refractivity contribution in [2.75, 3.05) is 0 Å². The van der Waals surface area contributed by atoms with Crippen LogP contribution in [0.4, 0.5) is 0 Å². The van der Waals surface area contributed by atoms with Gasteiger partial charge >= 0.3 is 0 Å². The summed E-state index contributed by atoms with van der Waals surface area (Å²) >= 11 is 0. The molecule has 0 bridgehead atoms.